The topological polar surface area (TPSA) is 52.6 Å². The summed E-state index contributed by atoms with van der Waals surface area (Å²) < 4.78 is 54.5. The molecule has 1 aromatic rings. The number of halogens is 3. The molecule has 232 valence electrons. The summed E-state index contributed by atoms with van der Waals surface area (Å²) in [6.45, 7) is 4.18. The van der Waals surface area contributed by atoms with Crippen molar-refractivity contribution < 1.29 is 32.2 Å². The van der Waals surface area contributed by atoms with Crippen LogP contribution in [0.4, 0.5) is 13.2 Å². The third-order valence-corrected chi connectivity index (χ3v) is 8.98. The first-order valence-corrected chi connectivity index (χ1v) is 16.3. The number of carbonyl (C=O) groups is 2. The number of hydrogen-bond acceptors (Lipinski definition) is 4. The molecule has 0 amide bonds. The van der Waals surface area contributed by atoms with E-state index in [-0.39, 0.29) is 42.7 Å². The zero-order valence-electron chi connectivity index (χ0n) is 25.2. The smallest absolute Gasteiger partial charge is 0.340 e. The van der Waals surface area contributed by atoms with Crippen LogP contribution >= 0.6 is 0 Å². The van der Waals surface area contributed by atoms with E-state index in [0.717, 1.165) is 56.9 Å². The summed E-state index contributed by atoms with van der Waals surface area (Å²) >= 11 is 0. The van der Waals surface area contributed by atoms with Crippen LogP contribution in [-0.2, 0) is 19.1 Å². The average molecular weight is 581 g/mol. The highest BCUT2D eigenvalue weighted by atomic mass is 19.1. The van der Waals surface area contributed by atoms with Crippen LogP contribution in [0.1, 0.15) is 152 Å². The molecule has 2 aliphatic carbocycles. The van der Waals surface area contributed by atoms with Crippen LogP contribution in [0.2, 0.25) is 0 Å². The van der Waals surface area contributed by atoms with Gasteiger partial charge in [0.25, 0.3) is 0 Å². The molecule has 2 aliphatic rings. The number of alkyl halides is 2. The number of benzene rings is 1. The van der Waals surface area contributed by atoms with E-state index in [1.807, 2.05) is 12.1 Å². The largest absolute Gasteiger partial charge is 0.460 e. The second kappa shape index (κ2) is 17.8. The van der Waals surface area contributed by atoms with Gasteiger partial charge in [0.05, 0.1) is 0 Å². The molecule has 1 aromatic carbocycles. The minimum Gasteiger partial charge on any atom is -0.460 e. The Balaban J connectivity index is 1.39. The molecule has 0 saturated heterocycles. The monoisotopic (exact) mass is 580 g/mol. The number of rotatable bonds is 16. The molecule has 3 rings (SSSR count). The van der Waals surface area contributed by atoms with Crippen LogP contribution < -0.4 is 0 Å². The van der Waals surface area contributed by atoms with Crippen molar-refractivity contribution >= 4 is 11.9 Å². The van der Waals surface area contributed by atoms with E-state index in [1.54, 1.807) is 6.07 Å². The highest BCUT2D eigenvalue weighted by Crippen LogP contribution is 2.39. The van der Waals surface area contributed by atoms with Gasteiger partial charge in [-0.3, -0.25) is 0 Å². The number of esters is 2. The van der Waals surface area contributed by atoms with Crippen molar-refractivity contribution in [2.45, 2.75) is 166 Å². The number of unbranched alkanes of at least 4 members (excludes halogenated alkanes) is 6. The lowest BCUT2D eigenvalue weighted by Gasteiger charge is -2.31. The minimum absolute atomic E-state index is 0.0555. The highest BCUT2D eigenvalue weighted by molar-refractivity contribution is 5.75. The van der Waals surface area contributed by atoms with Gasteiger partial charge in [-0.1, -0.05) is 64.5 Å². The van der Waals surface area contributed by atoms with Crippen molar-refractivity contribution in [2.75, 3.05) is 0 Å². The van der Waals surface area contributed by atoms with E-state index in [9.17, 15) is 18.4 Å². The fraction of sp³-hybridized carbons (Fsp3) is 0.765. The quantitative estimate of drug-likeness (QED) is 0.144. The van der Waals surface area contributed by atoms with Crippen LogP contribution in [-0.4, -0.2) is 36.5 Å². The molecule has 0 N–H and O–H groups in total. The predicted octanol–water partition coefficient (Wildman–Crippen LogP) is 9.58. The first-order valence-electron chi connectivity index (χ1n) is 16.3. The SMILES string of the molecule is CCCCCC[C@H](F)C(=O)O[C@H]1CC[C@H](c2ccc([C@H]3CC[C@H](OC(=O)[C@@H](F)CCCCCC)CC3)c(F)c2)CC1. The van der Waals surface area contributed by atoms with Gasteiger partial charge in [0.1, 0.15) is 18.0 Å². The van der Waals surface area contributed by atoms with Gasteiger partial charge in [0, 0.05) is 0 Å². The summed E-state index contributed by atoms with van der Waals surface area (Å²) in [6, 6.07) is 5.52. The average Bonchev–Trinajstić information content (AvgIpc) is 2.98. The van der Waals surface area contributed by atoms with E-state index in [1.165, 1.54) is 0 Å². The van der Waals surface area contributed by atoms with Crippen molar-refractivity contribution in [1.82, 2.24) is 0 Å². The predicted molar refractivity (Wildman–Crippen MR) is 156 cm³/mol. The second-order valence-corrected chi connectivity index (χ2v) is 12.2. The summed E-state index contributed by atoms with van der Waals surface area (Å²) in [7, 11) is 0. The van der Waals surface area contributed by atoms with Gasteiger partial charge < -0.3 is 9.47 Å². The Hall–Kier alpha value is -2.05. The molecule has 7 heteroatoms. The zero-order valence-corrected chi connectivity index (χ0v) is 25.2. The normalized spacial score (nSPS) is 24.4. The highest BCUT2D eigenvalue weighted by Gasteiger charge is 2.31. The van der Waals surface area contributed by atoms with E-state index < -0.39 is 24.3 Å². The van der Waals surface area contributed by atoms with Crippen molar-refractivity contribution in [3.05, 3.63) is 35.1 Å². The standard InChI is InChI=1S/C34H51F3O4/c1-3-5-7-9-11-30(35)33(38)40-27-18-13-24(14-19-27)26-17-22-29(32(37)23-26)25-15-20-28(21-16-25)41-34(39)31(36)12-10-8-6-4-2/h17,22-25,27-28,30-31H,3-16,18-21H2,1-2H3/t24-,25-,27-,28-,30-,31-/m0/s1. The maximum Gasteiger partial charge on any atom is 0.340 e. The molecule has 0 heterocycles. The maximum absolute atomic E-state index is 15.2. The van der Waals surface area contributed by atoms with E-state index in [4.69, 9.17) is 9.47 Å². The van der Waals surface area contributed by atoms with Gasteiger partial charge in [0.15, 0.2) is 12.3 Å². The number of hydrogen-bond donors (Lipinski definition) is 0. The van der Waals surface area contributed by atoms with Crippen LogP contribution in [0.25, 0.3) is 0 Å². The van der Waals surface area contributed by atoms with Gasteiger partial charge in [-0.2, -0.15) is 0 Å². The molecule has 0 spiro atoms. The lowest BCUT2D eigenvalue weighted by molar-refractivity contribution is -0.157. The van der Waals surface area contributed by atoms with Crippen molar-refractivity contribution in [3.8, 4) is 0 Å². The molecule has 41 heavy (non-hydrogen) atoms. The number of carbonyl (C=O) groups excluding carboxylic acids is 2. The lowest BCUT2D eigenvalue weighted by atomic mass is 9.79. The molecular weight excluding hydrogens is 529 g/mol. The van der Waals surface area contributed by atoms with Crippen molar-refractivity contribution in [2.24, 2.45) is 0 Å². The zero-order chi connectivity index (χ0) is 29.6. The summed E-state index contributed by atoms with van der Waals surface area (Å²) in [4.78, 5) is 24.3. The van der Waals surface area contributed by atoms with E-state index >= 15 is 4.39 Å². The third kappa shape index (κ3) is 10.9. The van der Waals surface area contributed by atoms with Crippen molar-refractivity contribution in [3.63, 3.8) is 0 Å². The van der Waals surface area contributed by atoms with Crippen molar-refractivity contribution in [1.29, 1.82) is 0 Å². The van der Waals surface area contributed by atoms with Gasteiger partial charge in [-0.25, -0.2) is 22.8 Å². The fourth-order valence-corrected chi connectivity index (χ4v) is 6.35. The molecule has 0 bridgehead atoms. The van der Waals surface area contributed by atoms with Crippen LogP contribution in [0.3, 0.4) is 0 Å². The molecule has 2 atom stereocenters. The Morgan fingerprint density at radius 2 is 1.17 bits per heavy atom. The molecule has 2 fully saturated rings. The van der Waals surface area contributed by atoms with Crippen LogP contribution in [0.15, 0.2) is 18.2 Å². The summed E-state index contributed by atoms with van der Waals surface area (Å²) in [5.41, 5.74) is 1.64. The van der Waals surface area contributed by atoms with Gasteiger partial charge in [-0.15, -0.1) is 0 Å². The Bertz CT molecular complexity index is 923. The first kappa shape index (κ1) is 33.5. The molecule has 2 saturated carbocycles. The Labute approximate surface area is 245 Å². The Morgan fingerprint density at radius 3 is 1.61 bits per heavy atom. The minimum atomic E-state index is -1.56. The molecule has 0 aromatic heterocycles. The molecular formula is C34H51F3O4. The van der Waals surface area contributed by atoms with Crippen LogP contribution in [0.5, 0.6) is 0 Å². The van der Waals surface area contributed by atoms with E-state index in [2.05, 4.69) is 13.8 Å². The van der Waals surface area contributed by atoms with Gasteiger partial charge in [-0.05, 0) is 106 Å². The summed E-state index contributed by atoms with van der Waals surface area (Å²) in [6.07, 6.45) is 9.74. The molecule has 0 aliphatic heterocycles. The molecule has 0 unspecified atom stereocenters. The van der Waals surface area contributed by atoms with E-state index in [0.29, 0.717) is 56.9 Å². The fourth-order valence-electron chi connectivity index (χ4n) is 6.35. The maximum atomic E-state index is 15.2. The molecule has 0 radical (unpaired) electrons. The van der Waals surface area contributed by atoms with Gasteiger partial charge >= 0.3 is 11.9 Å². The number of ether oxygens (including phenoxy) is 2. The first-order chi connectivity index (χ1) is 19.8. The second-order valence-electron chi connectivity index (χ2n) is 12.2. The Kier molecular flexibility index (Phi) is 14.5. The van der Waals surface area contributed by atoms with Gasteiger partial charge in [0.2, 0.25) is 0 Å². The van der Waals surface area contributed by atoms with Crippen LogP contribution in [0, 0.1) is 5.82 Å². The molecule has 4 nitrogen and oxygen atoms in total. The Morgan fingerprint density at radius 1 is 0.707 bits per heavy atom. The third-order valence-electron chi connectivity index (χ3n) is 8.98. The summed E-state index contributed by atoms with van der Waals surface area (Å²) in [5, 5.41) is 0. The lowest BCUT2D eigenvalue weighted by Crippen LogP contribution is -2.29. The summed E-state index contributed by atoms with van der Waals surface area (Å²) in [5.74, 6) is -1.46.